The molecule has 9 aromatic rings. The Bertz CT molecular complexity index is 2690. The van der Waals surface area contributed by atoms with Crippen LogP contribution >= 0.6 is 0 Å². The fraction of sp³-hybridized carbons (Fsp3) is 0. The zero-order valence-corrected chi connectivity index (χ0v) is 24.9. The van der Waals surface area contributed by atoms with Gasteiger partial charge >= 0.3 is 0 Å². The second-order valence-corrected chi connectivity index (χ2v) is 12.2. The summed E-state index contributed by atoms with van der Waals surface area (Å²) in [6.07, 6.45) is 5.27. The van der Waals surface area contributed by atoms with Gasteiger partial charge in [0, 0.05) is 18.0 Å². The van der Waals surface area contributed by atoms with E-state index in [4.69, 9.17) is 0 Å². The Labute approximate surface area is 266 Å². The van der Waals surface area contributed by atoms with Gasteiger partial charge in [-0.05, 0) is 106 Å². The molecule has 0 saturated carbocycles. The highest BCUT2D eigenvalue weighted by atomic mass is 14.8. The zero-order valence-electron chi connectivity index (χ0n) is 24.9. The lowest BCUT2D eigenvalue weighted by molar-refractivity contribution is 1.21. The average molecular weight is 583 g/mol. The van der Waals surface area contributed by atoms with Crippen LogP contribution in [0.1, 0.15) is 0 Å². The van der Waals surface area contributed by atoms with Gasteiger partial charge in [-0.2, -0.15) is 0 Å². The van der Waals surface area contributed by atoms with E-state index in [0.29, 0.717) is 0 Å². The first-order chi connectivity index (χ1) is 22.8. The van der Waals surface area contributed by atoms with Gasteiger partial charge < -0.3 is 0 Å². The molecule has 1 aliphatic carbocycles. The molecule has 2 nitrogen and oxygen atoms in total. The van der Waals surface area contributed by atoms with Crippen molar-refractivity contribution in [3.8, 4) is 55.8 Å². The maximum atomic E-state index is 4.51. The van der Waals surface area contributed by atoms with Crippen molar-refractivity contribution in [2.75, 3.05) is 0 Å². The van der Waals surface area contributed by atoms with Gasteiger partial charge in [0.1, 0.15) is 0 Å². The molecule has 0 saturated heterocycles. The lowest BCUT2D eigenvalue weighted by Gasteiger charge is -2.15. The highest BCUT2D eigenvalue weighted by Crippen LogP contribution is 2.53. The van der Waals surface area contributed by atoms with Crippen LogP contribution in [0.5, 0.6) is 0 Å². The molecule has 0 amide bonds. The van der Waals surface area contributed by atoms with E-state index in [1.165, 1.54) is 87.6 Å². The van der Waals surface area contributed by atoms with Crippen LogP contribution in [0.25, 0.3) is 98.9 Å². The number of nitrogens with zero attached hydrogens (tertiary/aromatic N) is 2. The van der Waals surface area contributed by atoms with E-state index in [-0.39, 0.29) is 0 Å². The van der Waals surface area contributed by atoms with Gasteiger partial charge in [-0.3, -0.25) is 9.97 Å². The largest absolute Gasteiger partial charge is 0.261 e. The Morgan fingerprint density at radius 1 is 0.370 bits per heavy atom. The van der Waals surface area contributed by atoms with Gasteiger partial charge in [0.15, 0.2) is 0 Å². The van der Waals surface area contributed by atoms with E-state index in [1.54, 1.807) is 12.4 Å². The summed E-state index contributed by atoms with van der Waals surface area (Å²) < 4.78 is 0. The Kier molecular flexibility index (Phi) is 5.31. The highest BCUT2D eigenvalue weighted by molar-refractivity contribution is 6.29. The topological polar surface area (TPSA) is 25.8 Å². The number of aromatic nitrogens is 2. The second kappa shape index (κ2) is 9.69. The third-order valence-corrected chi connectivity index (χ3v) is 9.72. The molecule has 1 aliphatic rings. The maximum Gasteiger partial charge on any atom is 0.0885 e. The van der Waals surface area contributed by atoms with E-state index in [2.05, 4.69) is 149 Å². The molecule has 0 atom stereocenters. The van der Waals surface area contributed by atoms with Crippen molar-refractivity contribution in [1.29, 1.82) is 0 Å². The molecule has 212 valence electrons. The first-order valence-corrected chi connectivity index (χ1v) is 15.7. The molecule has 10 rings (SSSR count). The van der Waals surface area contributed by atoms with Gasteiger partial charge in [0.05, 0.1) is 11.9 Å². The molecule has 8 aromatic carbocycles. The van der Waals surface area contributed by atoms with E-state index in [0.717, 1.165) is 11.3 Å². The number of benzene rings is 8. The summed E-state index contributed by atoms with van der Waals surface area (Å²) in [7, 11) is 0. The minimum Gasteiger partial charge on any atom is -0.261 e. The molecular weight excluding hydrogens is 556 g/mol. The summed E-state index contributed by atoms with van der Waals surface area (Å²) in [4.78, 5) is 8.77. The molecule has 0 spiro atoms. The summed E-state index contributed by atoms with van der Waals surface area (Å²) in [6.45, 7) is 0. The number of hydrogen-bond acceptors (Lipinski definition) is 2. The van der Waals surface area contributed by atoms with Crippen LogP contribution < -0.4 is 0 Å². The predicted octanol–water partition coefficient (Wildman–Crippen LogP) is 11.7. The SMILES string of the molecule is c1cc(-c2cccc3cc(-c4cnccn4)ccc23)cc(-c2ccc3c4c(cc5ccccc5c24)-c2ccc4ccccc4c2-3)c1. The summed E-state index contributed by atoms with van der Waals surface area (Å²) in [5, 5.41) is 10.3. The van der Waals surface area contributed by atoms with Crippen LogP contribution in [0.3, 0.4) is 0 Å². The third kappa shape index (κ3) is 3.65. The molecule has 1 heterocycles. The summed E-state index contributed by atoms with van der Waals surface area (Å²) in [6, 6.07) is 51.5. The minimum absolute atomic E-state index is 0.881. The fourth-order valence-electron chi connectivity index (χ4n) is 7.69. The number of hydrogen-bond donors (Lipinski definition) is 0. The Hall–Kier alpha value is -6.12. The third-order valence-electron chi connectivity index (χ3n) is 9.72. The molecule has 46 heavy (non-hydrogen) atoms. The van der Waals surface area contributed by atoms with E-state index in [1.807, 2.05) is 6.20 Å². The predicted molar refractivity (Wildman–Crippen MR) is 193 cm³/mol. The highest BCUT2D eigenvalue weighted by Gasteiger charge is 2.26. The quantitative estimate of drug-likeness (QED) is 0.194. The standard InChI is InChI=1S/C44H26N2/c1-3-12-35-27(7-1)15-18-38-40-25-31-8-2-4-13-36(31)43-37(19-20-39(42(35)38)44(40)43)30-10-5-9-28(23-30)33-14-6-11-29-24-32(16-17-34(29)33)41-26-45-21-22-46-41/h1-26H. The molecule has 0 unspecified atom stereocenters. The second-order valence-electron chi connectivity index (χ2n) is 12.2. The van der Waals surface area contributed by atoms with E-state index >= 15 is 0 Å². The van der Waals surface area contributed by atoms with Crippen LogP contribution in [-0.4, -0.2) is 9.97 Å². The maximum absolute atomic E-state index is 4.51. The van der Waals surface area contributed by atoms with Crippen molar-refractivity contribution in [2.45, 2.75) is 0 Å². The van der Waals surface area contributed by atoms with Crippen molar-refractivity contribution in [1.82, 2.24) is 9.97 Å². The summed E-state index contributed by atoms with van der Waals surface area (Å²) >= 11 is 0. The van der Waals surface area contributed by atoms with Gasteiger partial charge in [-0.25, -0.2) is 0 Å². The average Bonchev–Trinajstić information content (AvgIpc) is 3.46. The number of rotatable bonds is 3. The lowest BCUT2D eigenvalue weighted by Crippen LogP contribution is -1.88. The van der Waals surface area contributed by atoms with Gasteiger partial charge in [-0.15, -0.1) is 0 Å². The molecule has 0 radical (unpaired) electrons. The van der Waals surface area contributed by atoms with Crippen LogP contribution in [-0.2, 0) is 0 Å². The Morgan fingerprint density at radius 2 is 1.11 bits per heavy atom. The molecule has 0 fully saturated rings. The minimum atomic E-state index is 0.881. The van der Waals surface area contributed by atoms with Gasteiger partial charge in [0.25, 0.3) is 0 Å². The summed E-state index contributed by atoms with van der Waals surface area (Å²) in [5.41, 5.74) is 12.2. The lowest BCUT2D eigenvalue weighted by atomic mass is 9.88. The van der Waals surface area contributed by atoms with Crippen LogP contribution in [0.4, 0.5) is 0 Å². The van der Waals surface area contributed by atoms with Gasteiger partial charge in [-0.1, -0.05) is 121 Å². The molecule has 0 aliphatic heterocycles. The molecular formula is C44H26N2. The van der Waals surface area contributed by atoms with Crippen molar-refractivity contribution >= 4 is 43.1 Å². The van der Waals surface area contributed by atoms with Crippen LogP contribution in [0.2, 0.25) is 0 Å². The zero-order chi connectivity index (χ0) is 30.2. The Morgan fingerprint density at radius 3 is 2.00 bits per heavy atom. The van der Waals surface area contributed by atoms with Gasteiger partial charge in [0.2, 0.25) is 0 Å². The molecule has 2 heteroatoms. The van der Waals surface area contributed by atoms with E-state index in [9.17, 15) is 0 Å². The molecule has 1 aromatic heterocycles. The molecule has 0 bridgehead atoms. The molecule has 0 N–H and O–H groups in total. The van der Waals surface area contributed by atoms with Crippen LogP contribution in [0, 0.1) is 0 Å². The summed E-state index contributed by atoms with van der Waals surface area (Å²) in [5.74, 6) is 0. The smallest absolute Gasteiger partial charge is 0.0885 e. The first-order valence-electron chi connectivity index (χ1n) is 15.7. The Balaban J connectivity index is 1.19. The van der Waals surface area contributed by atoms with Crippen LogP contribution in [0.15, 0.2) is 158 Å². The van der Waals surface area contributed by atoms with E-state index < -0.39 is 0 Å². The van der Waals surface area contributed by atoms with Crippen molar-refractivity contribution in [3.63, 3.8) is 0 Å². The van der Waals surface area contributed by atoms with Crippen molar-refractivity contribution < 1.29 is 0 Å². The van der Waals surface area contributed by atoms with Crippen molar-refractivity contribution in [2.24, 2.45) is 0 Å². The normalized spacial score (nSPS) is 11.9. The van der Waals surface area contributed by atoms with Crippen molar-refractivity contribution in [3.05, 3.63) is 158 Å². The fourth-order valence-corrected chi connectivity index (χ4v) is 7.69. The first kappa shape index (κ1) is 25.2. The monoisotopic (exact) mass is 582 g/mol. The number of fused-ring (bicyclic) bond motifs is 8.